The van der Waals surface area contributed by atoms with Crippen LogP contribution in [0.15, 0.2) is 121 Å². The molecule has 65 heavy (non-hydrogen) atoms. The molecule has 0 N–H and O–H groups in total. The summed E-state index contributed by atoms with van der Waals surface area (Å²) in [4.78, 5) is 11.0. The molecule has 4 aromatic carbocycles. The van der Waals surface area contributed by atoms with E-state index in [2.05, 4.69) is 212 Å². The standard InChI is InChI=1S/2C12H20N.2C10H14.C9H18O2.C5H12O.2ClH/c2*1-4-13(3,5-2)11-12-9-7-6-8-10-12;2*1-3-9(2)10-7-5-4-6-8-10;1-4-6-7-11-9(10)8(3)5-2;1-4-5(2)6-3;;/h2*6-10H,4-5,11H2,1-3H3;2*4-9H,3H2,1-2H3;8H,4-7H2,1-3H3;5H,4H2,1-3H3;2*1H/q2*+1;;;;;;/p-2. The van der Waals surface area contributed by atoms with Crippen molar-refractivity contribution in [3.8, 4) is 0 Å². The van der Waals surface area contributed by atoms with Crippen molar-refractivity contribution in [2.75, 3.05) is 54.0 Å². The molecule has 0 heterocycles. The smallest absolute Gasteiger partial charge is 0.308 e. The summed E-state index contributed by atoms with van der Waals surface area (Å²) in [6.45, 7) is 35.8. The second-order valence-corrected chi connectivity index (χ2v) is 17.5. The van der Waals surface area contributed by atoms with E-state index in [4.69, 9.17) is 9.47 Å². The number of methoxy groups -OCH3 is 1. The maximum atomic E-state index is 11.0. The van der Waals surface area contributed by atoms with Crippen molar-refractivity contribution in [3.05, 3.63) is 144 Å². The van der Waals surface area contributed by atoms with E-state index < -0.39 is 0 Å². The fourth-order valence-electron chi connectivity index (χ4n) is 5.77. The molecule has 372 valence electrons. The predicted molar refractivity (Wildman–Crippen MR) is 277 cm³/mol. The second kappa shape index (κ2) is 43.4. The Morgan fingerprint density at radius 3 is 1.05 bits per heavy atom. The van der Waals surface area contributed by atoms with Crippen LogP contribution in [0, 0.1) is 5.92 Å². The molecule has 5 nitrogen and oxygen atoms in total. The van der Waals surface area contributed by atoms with Gasteiger partial charge >= 0.3 is 5.97 Å². The average Bonchev–Trinajstić information content (AvgIpc) is 3.35. The van der Waals surface area contributed by atoms with Crippen molar-refractivity contribution in [1.29, 1.82) is 0 Å². The second-order valence-electron chi connectivity index (χ2n) is 17.5. The topological polar surface area (TPSA) is 35.5 Å². The van der Waals surface area contributed by atoms with Gasteiger partial charge in [0.2, 0.25) is 0 Å². The summed E-state index contributed by atoms with van der Waals surface area (Å²) in [6.07, 6.45) is 6.91. The maximum absolute atomic E-state index is 11.0. The van der Waals surface area contributed by atoms with Gasteiger partial charge in [-0.3, -0.25) is 4.79 Å². The minimum absolute atomic E-state index is 0. The average molecular weight is 942 g/mol. The Bertz CT molecular complexity index is 1470. The zero-order valence-corrected chi connectivity index (χ0v) is 45.9. The van der Waals surface area contributed by atoms with Gasteiger partial charge in [-0.25, -0.2) is 0 Å². The first-order valence-corrected chi connectivity index (χ1v) is 24.7. The SMILES string of the molecule is CCC(C)OC.CCC(C)c1ccccc1.CCC(C)c1ccccc1.CCCCOC(=O)C(C)CC.CC[N+](C)(CC)Cc1ccccc1.CC[N+](C)(CC)Cc1ccccc1.[Cl-].[Cl-]. The molecule has 0 saturated heterocycles. The van der Waals surface area contributed by atoms with Crippen LogP contribution in [0.3, 0.4) is 0 Å². The van der Waals surface area contributed by atoms with Crippen molar-refractivity contribution < 1.29 is 48.0 Å². The lowest BCUT2D eigenvalue weighted by atomic mass is 9.99. The van der Waals surface area contributed by atoms with Gasteiger partial charge in [-0.05, 0) is 89.7 Å². The first kappa shape index (κ1) is 68.4. The lowest BCUT2D eigenvalue weighted by Crippen LogP contribution is -3.00. The van der Waals surface area contributed by atoms with Crippen molar-refractivity contribution >= 4 is 5.97 Å². The van der Waals surface area contributed by atoms with E-state index in [1.165, 1.54) is 61.3 Å². The zero-order valence-electron chi connectivity index (χ0n) is 44.4. The molecular weight excluding hydrogens is 844 g/mol. The van der Waals surface area contributed by atoms with Gasteiger partial charge in [-0.1, -0.05) is 183 Å². The number of benzene rings is 4. The number of esters is 1. The third kappa shape index (κ3) is 34.7. The number of hydrogen-bond acceptors (Lipinski definition) is 3. The quantitative estimate of drug-likeness (QED) is 0.0535. The van der Waals surface area contributed by atoms with E-state index in [9.17, 15) is 4.79 Å². The number of carbonyl (C=O) groups is 1. The molecule has 0 saturated carbocycles. The highest BCUT2D eigenvalue weighted by Crippen LogP contribution is 2.18. The Morgan fingerprint density at radius 2 is 0.815 bits per heavy atom. The van der Waals surface area contributed by atoms with Gasteiger partial charge < -0.3 is 43.3 Å². The molecule has 0 spiro atoms. The number of ether oxygens (including phenoxy) is 2. The molecule has 7 heteroatoms. The van der Waals surface area contributed by atoms with E-state index in [-0.39, 0.29) is 36.7 Å². The van der Waals surface area contributed by atoms with Gasteiger partial charge in [0.1, 0.15) is 13.1 Å². The maximum Gasteiger partial charge on any atom is 0.308 e. The number of nitrogens with zero attached hydrogens (tertiary/aromatic N) is 2. The van der Waals surface area contributed by atoms with Gasteiger partial charge in [0.25, 0.3) is 0 Å². The molecule has 4 aromatic rings. The molecule has 0 aromatic heterocycles. The van der Waals surface area contributed by atoms with Crippen LogP contribution in [0.4, 0.5) is 0 Å². The molecule has 0 amide bonds. The summed E-state index contributed by atoms with van der Waals surface area (Å²) in [5, 5.41) is 0. The minimum Gasteiger partial charge on any atom is -1.00 e. The molecule has 4 unspecified atom stereocenters. The minimum atomic E-state index is -0.0547. The van der Waals surface area contributed by atoms with Crippen LogP contribution in [-0.4, -0.2) is 75.0 Å². The molecule has 0 aliphatic heterocycles. The number of unbranched alkanes of at least 4 members (excludes halogenated alkanes) is 1. The van der Waals surface area contributed by atoms with E-state index in [1.807, 2.05) is 13.8 Å². The lowest BCUT2D eigenvalue weighted by molar-refractivity contribution is -0.919. The Morgan fingerprint density at radius 1 is 0.492 bits per heavy atom. The van der Waals surface area contributed by atoms with Crippen molar-refractivity contribution in [3.63, 3.8) is 0 Å². The number of hydrogen-bond donors (Lipinski definition) is 0. The van der Waals surface area contributed by atoms with Gasteiger partial charge in [0.05, 0.1) is 58.9 Å². The van der Waals surface area contributed by atoms with Gasteiger partial charge in [0.15, 0.2) is 0 Å². The predicted octanol–water partition coefficient (Wildman–Crippen LogP) is 9.56. The Hall–Kier alpha value is -3.19. The summed E-state index contributed by atoms with van der Waals surface area (Å²) in [5.74, 6) is 1.43. The molecule has 4 atom stereocenters. The summed E-state index contributed by atoms with van der Waals surface area (Å²) in [5.41, 5.74) is 5.78. The fraction of sp³-hybridized carbons (Fsp3) is 0.569. The van der Waals surface area contributed by atoms with Crippen molar-refractivity contribution in [1.82, 2.24) is 0 Å². The van der Waals surface area contributed by atoms with E-state index in [0.29, 0.717) is 24.5 Å². The highest BCUT2D eigenvalue weighted by molar-refractivity contribution is 5.71. The number of quaternary nitrogens is 2. The van der Waals surface area contributed by atoms with Crippen molar-refractivity contribution in [2.24, 2.45) is 5.92 Å². The number of carbonyl (C=O) groups excluding carboxylic acids is 1. The molecule has 0 bridgehead atoms. The monoisotopic (exact) mass is 941 g/mol. The van der Waals surface area contributed by atoms with Crippen molar-refractivity contribution in [2.45, 2.75) is 160 Å². The summed E-state index contributed by atoms with van der Waals surface area (Å²) < 4.78 is 12.2. The number of halogens is 2. The molecule has 4 rings (SSSR count). The van der Waals surface area contributed by atoms with E-state index in [1.54, 1.807) is 7.11 Å². The molecule has 0 aliphatic rings. The molecule has 0 radical (unpaired) electrons. The summed E-state index contributed by atoms with van der Waals surface area (Å²) in [7, 11) is 6.36. The first-order chi connectivity index (χ1) is 30.1. The Labute approximate surface area is 415 Å². The van der Waals surface area contributed by atoms with E-state index in [0.717, 1.165) is 47.7 Å². The van der Waals surface area contributed by atoms with Crippen LogP contribution >= 0.6 is 0 Å². The zero-order chi connectivity index (χ0) is 47.9. The molecule has 0 aliphatic carbocycles. The molecular formula is C58H98Cl2N2O3. The fourth-order valence-corrected chi connectivity index (χ4v) is 5.77. The highest BCUT2D eigenvalue weighted by Gasteiger charge is 2.17. The third-order valence-electron chi connectivity index (χ3n) is 12.6. The summed E-state index contributed by atoms with van der Waals surface area (Å²) in [6, 6.07) is 42.7. The van der Waals surface area contributed by atoms with Crippen LogP contribution in [0.1, 0.15) is 163 Å². The Balaban J connectivity index is -0.000000346. The number of rotatable bonds is 19. The first-order valence-electron chi connectivity index (χ1n) is 24.7. The van der Waals surface area contributed by atoms with Gasteiger partial charge in [-0.15, -0.1) is 0 Å². The molecule has 0 fully saturated rings. The highest BCUT2D eigenvalue weighted by atomic mass is 35.5. The van der Waals surface area contributed by atoms with Crippen LogP contribution in [0.5, 0.6) is 0 Å². The van der Waals surface area contributed by atoms with Crippen LogP contribution < -0.4 is 24.8 Å². The normalized spacial score (nSPS) is 12.1. The largest absolute Gasteiger partial charge is 1.00 e. The van der Waals surface area contributed by atoms with Gasteiger partial charge in [-0.2, -0.15) is 0 Å². The Kier molecular flexibility index (Phi) is 45.6. The van der Waals surface area contributed by atoms with Gasteiger partial charge in [0, 0.05) is 18.2 Å². The van der Waals surface area contributed by atoms with E-state index >= 15 is 0 Å². The summed E-state index contributed by atoms with van der Waals surface area (Å²) >= 11 is 0. The van der Waals surface area contributed by atoms with Crippen LogP contribution in [-0.2, 0) is 27.4 Å². The van der Waals surface area contributed by atoms with Crippen LogP contribution in [0.2, 0.25) is 0 Å². The lowest BCUT2D eigenvalue weighted by Gasteiger charge is -2.32. The third-order valence-corrected chi connectivity index (χ3v) is 12.6. The van der Waals surface area contributed by atoms with Crippen LogP contribution in [0.25, 0.3) is 0 Å².